The second-order valence-electron chi connectivity index (χ2n) is 6.78. The molecule has 0 spiro atoms. The number of carbonyl (C=O) groups is 1. The van der Waals surface area contributed by atoms with Gasteiger partial charge in [-0.2, -0.15) is 4.98 Å². The summed E-state index contributed by atoms with van der Waals surface area (Å²) >= 11 is 5.94. The highest BCUT2D eigenvalue weighted by Gasteiger charge is 2.16. The minimum Gasteiger partial charge on any atom is -0.479 e. The number of hydrogen-bond donors (Lipinski definition) is 0. The lowest BCUT2D eigenvalue weighted by molar-refractivity contribution is -0.151. The molecule has 0 N–H and O–H groups in total. The van der Waals surface area contributed by atoms with Gasteiger partial charge >= 0.3 is 12.0 Å². The summed E-state index contributed by atoms with van der Waals surface area (Å²) in [6.45, 7) is 6.21. The normalized spacial score (nSPS) is 12.2. The third-order valence-corrected chi connectivity index (χ3v) is 4.18. The molecule has 0 radical (unpaired) electrons. The van der Waals surface area contributed by atoms with Crippen molar-refractivity contribution in [3.63, 3.8) is 0 Å². The Hall–Kier alpha value is -2.73. The molecule has 0 aliphatic heterocycles. The van der Waals surface area contributed by atoms with Crippen LogP contribution in [0.3, 0.4) is 0 Å². The average Bonchev–Trinajstić information content (AvgIpc) is 3.04. The minimum absolute atomic E-state index is 0.119. The quantitative estimate of drug-likeness (QED) is 0.454. The average molecular weight is 404 g/mol. The summed E-state index contributed by atoms with van der Waals surface area (Å²) in [6.07, 6.45) is 0.251. The number of benzene rings is 2. The van der Waals surface area contributed by atoms with Gasteiger partial charge in [0.2, 0.25) is 0 Å². The van der Waals surface area contributed by atoms with Crippen LogP contribution in [0.2, 0.25) is 5.02 Å². The van der Waals surface area contributed by atoms with E-state index < -0.39 is 6.10 Å². The maximum Gasteiger partial charge on any atom is 0.400 e. The van der Waals surface area contributed by atoms with Crippen molar-refractivity contribution in [3.8, 4) is 17.6 Å². The topological polar surface area (TPSA) is 70.8 Å². The van der Waals surface area contributed by atoms with E-state index >= 15 is 0 Å². The van der Waals surface area contributed by atoms with Gasteiger partial charge in [-0.15, -0.1) is 0 Å². The van der Waals surface area contributed by atoms with E-state index in [0.29, 0.717) is 40.1 Å². The van der Waals surface area contributed by atoms with Gasteiger partial charge in [-0.3, -0.25) is 0 Å². The van der Waals surface area contributed by atoms with Crippen molar-refractivity contribution in [2.45, 2.75) is 33.3 Å². The SMILES string of the molecule is CC(C)CCOC(=O)[C@@H](C)Oc1ccc(Oc2nc3cc(Cl)ccc3o2)cc1. The Kier molecular flexibility index (Phi) is 6.41. The molecule has 1 atom stereocenters. The second kappa shape index (κ2) is 8.97. The summed E-state index contributed by atoms with van der Waals surface area (Å²) in [5.41, 5.74) is 1.21. The van der Waals surface area contributed by atoms with Crippen LogP contribution in [-0.4, -0.2) is 23.7 Å². The van der Waals surface area contributed by atoms with Crippen molar-refractivity contribution >= 4 is 28.7 Å². The van der Waals surface area contributed by atoms with E-state index in [1.54, 1.807) is 49.4 Å². The molecule has 6 nitrogen and oxygen atoms in total. The van der Waals surface area contributed by atoms with Crippen molar-refractivity contribution in [3.05, 3.63) is 47.5 Å². The Morgan fingerprint density at radius 3 is 2.54 bits per heavy atom. The lowest BCUT2D eigenvalue weighted by Gasteiger charge is -2.14. The molecule has 2 aromatic carbocycles. The van der Waals surface area contributed by atoms with Crippen molar-refractivity contribution in [2.75, 3.05) is 6.61 Å². The third kappa shape index (κ3) is 5.39. The van der Waals surface area contributed by atoms with E-state index in [4.69, 9.17) is 30.2 Å². The number of rotatable bonds is 8. The number of fused-ring (bicyclic) bond motifs is 1. The van der Waals surface area contributed by atoms with Crippen LogP contribution in [0, 0.1) is 5.92 Å². The van der Waals surface area contributed by atoms with Crippen LogP contribution in [0.5, 0.6) is 17.6 Å². The number of carbonyl (C=O) groups excluding carboxylic acids is 1. The fourth-order valence-corrected chi connectivity index (χ4v) is 2.54. The van der Waals surface area contributed by atoms with E-state index in [9.17, 15) is 4.79 Å². The molecular formula is C21H22ClNO5. The highest BCUT2D eigenvalue weighted by atomic mass is 35.5. The molecule has 0 bridgehead atoms. The van der Waals surface area contributed by atoms with Crippen molar-refractivity contribution in [2.24, 2.45) is 5.92 Å². The van der Waals surface area contributed by atoms with Crippen molar-refractivity contribution < 1.29 is 23.4 Å². The number of ether oxygens (including phenoxy) is 3. The van der Waals surface area contributed by atoms with E-state index in [1.165, 1.54) is 0 Å². The van der Waals surface area contributed by atoms with Gasteiger partial charge in [-0.05, 0) is 61.7 Å². The number of oxazole rings is 1. The molecule has 0 saturated carbocycles. The fourth-order valence-electron chi connectivity index (χ4n) is 2.37. The van der Waals surface area contributed by atoms with Crippen LogP contribution >= 0.6 is 11.6 Å². The van der Waals surface area contributed by atoms with Crippen LogP contribution in [0.4, 0.5) is 0 Å². The number of aromatic nitrogens is 1. The van der Waals surface area contributed by atoms with Crippen LogP contribution in [0.15, 0.2) is 46.9 Å². The molecular weight excluding hydrogens is 382 g/mol. The molecule has 148 valence electrons. The zero-order valence-corrected chi connectivity index (χ0v) is 16.7. The molecule has 0 saturated heterocycles. The van der Waals surface area contributed by atoms with E-state index in [-0.39, 0.29) is 12.0 Å². The molecule has 7 heteroatoms. The van der Waals surface area contributed by atoms with Gasteiger partial charge in [-0.25, -0.2) is 4.79 Å². The minimum atomic E-state index is -0.694. The molecule has 1 aromatic heterocycles. The standard InChI is InChI=1S/C21H22ClNO5/c1-13(2)10-11-25-20(24)14(3)26-16-5-7-17(8-6-16)27-21-23-18-12-15(22)4-9-19(18)28-21/h4-9,12-14H,10-11H2,1-3H3/t14-/m1/s1. The monoisotopic (exact) mass is 403 g/mol. The summed E-state index contributed by atoms with van der Waals surface area (Å²) in [6, 6.07) is 12.0. The fraction of sp³-hybridized carbons (Fsp3) is 0.333. The molecule has 0 aliphatic rings. The van der Waals surface area contributed by atoms with Gasteiger partial charge in [0.15, 0.2) is 11.7 Å². The first-order valence-electron chi connectivity index (χ1n) is 9.08. The summed E-state index contributed by atoms with van der Waals surface area (Å²) in [5, 5.41) is 0.575. The summed E-state index contributed by atoms with van der Waals surface area (Å²) in [7, 11) is 0. The Morgan fingerprint density at radius 1 is 1.11 bits per heavy atom. The summed E-state index contributed by atoms with van der Waals surface area (Å²) in [5.74, 6) is 1.16. The lowest BCUT2D eigenvalue weighted by Crippen LogP contribution is -2.26. The Morgan fingerprint density at radius 2 is 1.82 bits per heavy atom. The molecule has 3 aromatic rings. The van der Waals surface area contributed by atoms with Gasteiger partial charge in [0.1, 0.15) is 17.0 Å². The summed E-state index contributed by atoms with van der Waals surface area (Å²) in [4.78, 5) is 16.2. The zero-order valence-electron chi connectivity index (χ0n) is 16.0. The maximum absolute atomic E-state index is 11.9. The first-order chi connectivity index (χ1) is 13.4. The van der Waals surface area contributed by atoms with Crippen molar-refractivity contribution in [1.82, 2.24) is 4.98 Å². The van der Waals surface area contributed by atoms with Crippen LogP contribution < -0.4 is 9.47 Å². The van der Waals surface area contributed by atoms with E-state index in [0.717, 1.165) is 6.42 Å². The van der Waals surface area contributed by atoms with E-state index in [2.05, 4.69) is 18.8 Å². The molecule has 3 rings (SSSR count). The predicted octanol–water partition coefficient (Wildman–Crippen LogP) is 5.63. The summed E-state index contributed by atoms with van der Waals surface area (Å²) < 4.78 is 22.0. The highest BCUT2D eigenvalue weighted by molar-refractivity contribution is 6.31. The lowest BCUT2D eigenvalue weighted by atomic mass is 10.1. The van der Waals surface area contributed by atoms with E-state index in [1.807, 2.05) is 0 Å². The second-order valence-corrected chi connectivity index (χ2v) is 7.21. The number of hydrogen-bond acceptors (Lipinski definition) is 6. The molecule has 0 unspecified atom stereocenters. The molecule has 1 heterocycles. The highest BCUT2D eigenvalue weighted by Crippen LogP contribution is 2.28. The number of nitrogens with zero attached hydrogens (tertiary/aromatic N) is 1. The number of esters is 1. The van der Waals surface area contributed by atoms with Gasteiger partial charge in [0.05, 0.1) is 6.61 Å². The predicted molar refractivity (Wildman–Crippen MR) is 106 cm³/mol. The van der Waals surface area contributed by atoms with Gasteiger partial charge in [0, 0.05) is 5.02 Å². The van der Waals surface area contributed by atoms with Crippen molar-refractivity contribution in [1.29, 1.82) is 0 Å². The first-order valence-corrected chi connectivity index (χ1v) is 9.46. The zero-order chi connectivity index (χ0) is 20.1. The smallest absolute Gasteiger partial charge is 0.400 e. The Labute approximate surface area is 168 Å². The maximum atomic E-state index is 11.9. The largest absolute Gasteiger partial charge is 0.479 e. The number of halogens is 1. The third-order valence-electron chi connectivity index (χ3n) is 3.94. The van der Waals surface area contributed by atoms with Crippen LogP contribution in [0.1, 0.15) is 27.2 Å². The Bertz CT molecular complexity index is 936. The van der Waals surface area contributed by atoms with Gasteiger partial charge in [-0.1, -0.05) is 25.4 Å². The van der Waals surface area contributed by atoms with Crippen LogP contribution in [-0.2, 0) is 9.53 Å². The first kappa shape index (κ1) is 20.0. The molecule has 0 fully saturated rings. The molecule has 28 heavy (non-hydrogen) atoms. The Balaban J connectivity index is 1.56. The molecule has 0 aliphatic carbocycles. The van der Waals surface area contributed by atoms with Gasteiger partial charge in [0.25, 0.3) is 0 Å². The molecule has 0 amide bonds. The van der Waals surface area contributed by atoms with Crippen LogP contribution in [0.25, 0.3) is 11.1 Å². The van der Waals surface area contributed by atoms with Gasteiger partial charge < -0.3 is 18.6 Å².